The van der Waals surface area contributed by atoms with Crippen molar-refractivity contribution >= 4 is 11.6 Å². The summed E-state index contributed by atoms with van der Waals surface area (Å²) in [6, 6.07) is 7.55. The zero-order valence-electron chi connectivity index (χ0n) is 13.6. The van der Waals surface area contributed by atoms with Gasteiger partial charge in [-0.15, -0.1) is 0 Å². The monoisotopic (exact) mass is 305 g/mol. The first kappa shape index (κ1) is 16.6. The molecular weight excluding hydrogens is 278 g/mol. The number of piperazine rings is 1. The smallest absolute Gasteiger partial charge is 0.234 e. The second kappa shape index (κ2) is 8.03. The zero-order valence-corrected chi connectivity index (χ0v) is 13.6. The van der Waals surface area contributed by atoms with Gasteiger partial charge in [0.15, 0.2) is 0 Å². The van der Waals surface area contributed by atoms with E-state index >= 15 is 0 Å². The summed E-state index contributed by atoms with van der Waals surface area (Å²) in [7, 11) is 0. The van der Waals surface area contributed by atoms with Gasteiger partial charge in [-0.3, -0.25) is 9.69 Å². The first-order valence-corrected chi connectivity index (χ1v) is 8.14. The largest absolute Gasteiger partial charge is 0.508 e. The Labute approximate surface area is 132 Å². The number of nitrogens with zero attached hydrogens (tertiary/aromatic N) is 2. The fourth-order valence-electron chi connectivity index (χ4n) is 2.86. The molecule has 1 aliphatic heterocycles. The molecule has 1 saturated heterocycles. The fourth-order valence-corrected chi connectivity index (χ4v) is 2.86. The number of phenols is 1. The van der Waals surface area contributed by atoms with Crippen LogP contribution in [-0.2, 0) is 4.79 Å². The summed E-state index contributed by atoms with van der Waals surface area (Å²) in [5, 5.41) is 12.4. The molecule has 1 aromatic rings. The van der Waals surface area contributed by atoms with E-state index in [0.29, 0.717) is 12.3 Å². The number of carbonyl (C=O) groups is 1. The molecule has 0 aliphatic carbocycles. The van der Waals surface area contributed by atoms with Crippen LogP contribution >= 0.6 is 0 Å². The van der Waals surface area contributed by atoms with Crippen LogP contribution in [0.4, 0.5) is 5.69 Å². The third-order valence-electron chi connectivity index (χ3n) is 4.08. The van der Waals surface area contributed by atoms with Gasteiger partial charge >= 0.3 is 0 Å². The first-order valence-electron chi connectivity index (χ1n) is 8.14. The van der Waals surface area contributed by atoms with Gasteiger partial charge in [-0.1, -0.05) is 13.3 Å². The summed E-state index contributed by atoms with van der Waals surface area (Å²) in [4.78, 5) is 16.5. The van der Waals surface area contributed by atoms with Gasteiger partial charge in [0, 0.05) is 37.9 Å². The summed E-state index contributed by atoms with van der Waals surface area (Å²) >= 11 is 0. The average molecular weight is 305 g/mol. The molecule has 0 unspecified atom stereocenters. The Morgan fingerprint density at radius 1 is 1.23 bits per heavy atom. The van der Waals surface area contributed by atoms with Crippen LogP contribution in [0, 0.1) is 0 Å². The molecule has 1 atom stereocenters. The minimum atomic E-state index is 0.124. The predicted molar refractivity (Wildman–Crippen MR) is 89.3 cm³/mol. The van der Waals surface area contributed by atoms with Crippen LogP contribution in [0.15, 0.2) is 24.3 Å². The zero-order chi connectivity index (χ0) is 15.9. The molecule has 2 N–H and O–H groups in total. The van der Waals surface area contributed by atoms with Crippen molar-refractivity contribution < 1.29 is 9.90 Å². The van der Waals surface area contributed by atoms with Crippen LogP contribution < -0.4 is 10.2 Å². The van der Waals surface area contributed by atoms with E-state index in [4.69, 9.17) is 0 Å². The van der Waals surface area contributed by atoms with E-state index in [-0.39, 0.29) is 11.9 Å². The van der Waals surface area contributed by atoms with E-state index < -0.39 is 0 Å². The van der Waals surface area contributed by atoms with E-state index in [9.17, 15) is 9.90 Å². The van der Waals surface area contributed by atoms with Crippen LogP contribution in [0.3, 0.4) is 0 Å². The molecule has 122 valence electrons. The number of rotatable bonds is 6. The SMILES string of the molecule is CCC[C@H](C)NC(=O)CN1CCN(c2ccc(O)cc2)CC1. The lowest BCUT2D eigenvalue weighted by atomic mass is 10.2. The van der Waals surface area contributed by atoms with Crippen molar-refractivity contribution in [3.05, 3.63) is 24.3 Å². The summed E-state index contributed by atoms with van der Waals surface area (Å²) in [6.45, 7) is 8.25. The van der Waals surface area contributed by atoms with E-state index in [1.165, 1.54) is 0 Å². The van der Waals surface area contributed by atoms with E-state index in [2.05, 4.69) is 29.0 Å². The molecule has 1 heterocycles. The summed E-state index contributed by atoms with van der Waals surface area (Å²) < 4.78 is 0. The van der Waals surface area contributed by atoms with Crippen molar-refractivity contribution in [2.45, 2.75) is 32.7 Å². The topological polar surface area (TPSA) is 55.8 Å². The van der Waals surface area contributed by atoms with Gasteiger partial charge < -0.3 is 15.3 Å². The molecule has 0 saturated carbocycles. The molecule has 0 radical (unpaired) electrons. The van der Waals surface area contributed by atoms with Gasteiger partial charge in [0.1, 0.15) is 5.75 Å². The molecule has 0 spiro atoms. The molecular formula is C17H27N3O2. The van der Waals surface area contributed by atoms with Gasteiger partial charge in [0.25, 0.3) is 0 Å². The Morgan fingerprint density at radius 2 is 1.86 bits per heavy atom. The van der Waals surface area contributed by atoms with Gasteiger partial charge in [0.2, 0.25) is 5.91 Å². The lowest BCUT2D eigenvalue weighted by Crippen LogP contribution is -2.50. The van der Waals surface area contributed by atoms with Crippen molar-refractivity contribution in [2.24, 2.45) is 0 Å². The quantitative estimate of drug-likeness (QED) is 0.842. The molecule has 1 aliphatic rings. The van der Waals surface area contributed by atoms with Crippen LogP contribution in [0.5, 0.6) is 5.75 Å². The van der Waals surface area contributed by atoms with Crippen molar-refractivity contribution in [1.29, 1.82) is 0 Å². The van der Waals surface area contributed by atoms with Crippen LogP contribution in [0.25, 0.3) is 0 Å². The molecule has 22 heavy (non-hydrogen) atoms. The summed E-state index contributed by atoms with van der Waals surface area (Å²) in [5.74, 6) is 0.416. The van der Waals surface area contributed by atoms with Crippen LogP contribution in [0.1, 0.15) is 26.7 Å². The lowest BCUT2D eigenvalue weighted by molar-refractivity contribution is -0.122. The van der Waals surface area contributed by atoms with E-state index in [0.717, 1.165) is 44.7 Å². The van der Waals surface area contributed by atoms with Crippen molar-refractivity contribution in [1.82, 2.24) is 10.2 Å². The summed E-state index contributed by atoms with van der Waals surface area (Å²) in [6.07, 6.45) is 2.12. The second-order valence-corrected chi connectivity index (χ2v) is 6.04. The molecule has 1 aromatic carbocycles. The van der Waals surface area contributed by atoms with Gasteiger partial charge in [-0.05, 0) is 37.6 Å². The average Bonchev–Trinajstić information content (AvgIpc) is 2.49. The Bertz CT molecular complexity index is 467. The van der Waals surface area contributed by atoms with Gasteiger partial charge in [-0.25, -0.2) is 0 Å². The highest BCUT2D eigenvalue weighted by molar-refractivity contribution is 5.78. The fraction of sp³-hybridized carbons (Fsp3) is 0.588. The van der Waals surface area contributed by atoms with E-state index in [1.807, 2.05) is 12.1 Å². The van der Waals surface area contributed by atoms with Crippen LogP contribution in [0.2, 0.25) is 0 Å². The number of hydrogen-bond acceptors (Lipinski definition) is 4. The molecule has 1 amide bonds. The minimum Gasteiger partial charge on any atom is -0.508 e. The number of carbonyl (C=O) groups excluding carboxylic acids is 1. The molecule has 5 heteroatoms. The standard InChI is InChI=1S/C17H27N3O2/c1-3-4-14(2)18-17(22)13-19-9-11-20(12-10-19)15-5-7-16(21)8-6-15/h5-8,14,21H,3-4,9-13H2,1-2H3,(H,18,22)/t14-/m0/s1. The number of hydrogen-bond donors (Lipinski definition) is 2. The number of anilines is 1. The summed E-state index contributed by atoms with van der Waals surface area (Å²) in [5.41, 5.74) is 1.12. The maximum Gasteiger partial charge on any atom is 0.234 e. The number of phenolic OH excluding ortho intramolecular Hbond substituents is 1. The van der Waals surface area contributed by atoms with Crippen molar-refractivity contribution in [3.8, 4) is 5.75 Å². The molecule has 0 aromatic heterocycles. The highest BCUT2D eigenvalue weighted by Gasteiger charge is 2.19. The Kier molecular flexibility index (Phi) is 6.07. The maximum atomic E-state index is 12.0. The highest BCUT2D eigenvalue weighted by Crippen LogP contribution is 2.19. The first-order chi connectivity index (χ1) is 10.6. The Hall–Kier alpha value is -1.75. The van der Waals surface area contributed by atoms with Crippen molar-refractivity contribution in [2.75, 3.05) is 37.6 Å². The number of aromatic hydroxyl groups is 1. The third-order valence-corrected chi connectivity index (χ3v) is 4.08. The molecule has 1 fully saturated rings. The van der Waals surface area contributed by atoms with Crippen LogP contribution in [-0.4, -0.2) is 54.7 Å². The van der Waals surface area contributed by atoms with E-state index in [1.54, 1.807) is 12.1 Å². The minimum absolute atomic E-state index is 0.124. The van der Waals surface area contributed by atoms with Gasteiger partial charge in [-0.2, -0.15) is 0 Å². The molecule has 0 bridgehead atoms. The normalized spacial score (nSPS) is 17.3. The Balaban J connectivity index is 1.75. The number of nitrogens with one attached hydrogen (secondary N) is 1. The molecule has 5 nitrogen and oxygen atoms in total. The van der Waals surface area contributed by atoms with Crippen molar-refractivity contribution in [3.63, 3.8) is 0 Å². The predicted octanol–water partition coefficient (Wildman–Crippen LogP) is 1.82. The number of amides is 1. The van der Waals surface area contributed by atoms with Gasteiger partial charge in [0.05, 0.1) is 6.54 Å². The third kappa shape index (κ3) is 4.91. The number of benzene rings is 1. The highest BCUT2D eigenvalue weighted by atomic mass is 16.3. The lowest BCUT2D eigenvalue weighted by Gasteiger charge is -2.35. The Morgan fingerprint density at radius 3 is 2.45 bits per heavy atom. The molecule has 2 rings (SSSR count). The maximum absolute atomic E-state index is 12.0. The second-order valence-electron chi connectivity index (χ2n) is 6.04.